The first kappa shape index (κ1) is 26.1. The lowest BCUT2D eigenvalue weighted by molar-refractivity contribution is -0.800. The van der Waals surface area contributed by atoms with E-state index in [-0.39, 0.29) is 35.0 Å². The van der Waals surface area contributed by atoms with Crippen LogP contribution in [0.4, 0.5) is 13.2 Å². The van der Waals surface area contributed by atoms with Crippen molar-refractivity contribution in [3.05, 3.63) is 23.9 Å². The van der Waals surface area contributed by atoms with Crippen molar-refractivity contribution in [2.24, 2.45) is 4.40 Å². The van der Waals surface area contributed by atoms with E-state index in [1.54, 1.807) is 26.2 Å². The van der Waals surface area contributed by atoms with E-state index < -0.39 is 34.3 Å². The Morgan fingerprint density at radius 1 is 1.13 bits per heavy atom. The molecule has 1 aromatic rings. The van der Waals surface area contributed by atoms with E-state index in [0.29, 0.717) is 0 Å². The van der Waals surface area contributed by atoms with E-state index >= 15 is 0 Å². The Labute approximate surface area is 177 Å². The quantitative estimate of drug-likeness (QED) is 0.262. The molecule has 0 radical (unpaired) electrons. The lowest BCUT2D eigenvalue weighted by atomic mass is 10.3. The number of nitrogens with one attached hydrogen (secondary N) is 2. The van der Waals surface area contributed by atoms with Crippen molar-refractivity contribution < 1.29 is 44.5 Å². The minimum absolute atomic E-state index is 0.200. The molecule has 1 aromatic heterocycles. The van der Waals surface area contributed by atoms with Crippen LogP contribution in [0.3, 0.4) is 0 Å². The van der Waals surface area contributed by atoms with Gasteiger partial charge in [0.05, 0.1) is 32.3 Å². The van der Waals surface area contributed by atoms with Gasteiger partial charge in [0.2, 0.25) is 5.88 Å². The van der Waals surface area contributed by atoms with Crippen LogP contribution in [0.5, 0.6) is 5.88 Å². The molecule has 0 saturated carbocycles. The SMILES string of the molecule is CC[N+](CC)(CC)S(=O)(=O)N=C(OC)Oc1ccc(C(=O)NNC(=O)C(F)(F)F)cn1. The number of methoxy groups -OCH3 is 1. The molecule has 15 heteroatoms. The monoisotopic (exact) mass is 470 g/mol. The molecule has 0 aliphatic rings. The highest BCUT2D eigenvalue weighted by Gasteiger charge is 2.39. The molecular weight excluding hydrogens is 447 g/mol. The second-order valence-corrected chi connectivity index (χ2v) is 7.76. The molecule has 0 atom stereocenters. The molecule has 0 bridgehead atoms. The Kier molecular flexibility index (Phi) is 8.74. The molecular formula is C16H23F3N5O6S+. The molecule has 11 nitrogen and oxygen atoms in total. The van der Waals surface area contributed by atoms with Gasteiger partial charge >= 0.3 is 28.4 Å². The maximum atomic E-state index is 12.7. The van der Waals surface area contributed by atoms with E-state index in [1.807, 2.05) is 0 Å². The van der Waals surface area contributed by atoms with Gasteiger partial charge in [-0.1, -0.05) is 0 Å². The Balaban J connectivity index is 2.94. The van der Waals surface area contributed by atoms with Crippen molar-refractivity contribution in [2.45, 2.75) is 26.9 Å². The summed E-state index contributed by atoms with van der Waals surface area (Å²) >= 11 is 0. The van der Waals surface area contributed by atoms with Crippen LogP contribution in [0.15, 0.2) is 22.7 Å². The number of aromatic nitrogens is 1. The van der Waals surface area contributed by atoms with E-state index in [0.717, 1.165) is 25.4 Å². The van der Waals surface area contributed by atoms with Gasteiger partial charge in [-0.2, -0.15) is 17.1 Å². The summed E-state index contributed by atoms with van der Waals surface area (Å²) in [6.45, 7) is 5.91. The number of nitrogens with zero attached hydrogens (tertiary/aromatic N) is 3. The lowest BCUT2D eigenvalue weighted by Crippen LogP contribution is -2.51. The average Bonchev–Trinajstić information content (AvgIpc) is 2.72. The fourth-order valence-corrected chi connectivity index (χ4v) is 3.81. The number of carbonyl (C=O) groups is 2. The van der Waals surface area contributed by atoms with Gasteiger partial charge < -0.3 is 9.47 Å². The summed E-state index contributed by atoms with van der Waals surface area (Å²) < 4.78 is 75.0. The maximum Gasteiger partial charge on any atom is 0.472 e. The first-order chi connectivity index (χ1) is 14.4. The molecule has 0 spiro atoms. The topological polar surface area (TPSA) is 136 Å². The lowest BCUT2D eigenvalue weighted by Gasteiger charge is -2.30. The number of ether oxygens (including phenoxy) is 2. The van der Waals surface area contributed by atoms with Gasteiger partial charge in [-0.05, 0) is 31.2 Å². The predicted octanol–water partition coefficient (Wildman–Crippen LogP) is 0.907. The number of quaternary nitrogens is 1. The Bertz CT molecular complexity index is 906. The zero-order valence-corrected chi connectivity index (χ0v) is 18.0. The van der Waals surface area contributed by atoms with Gasteiger partial charge in [0.15, 0.2) is 0 Å². The molecule has 1 heterocycles. The molecule has 0 aromatic carbocycles. The van der Waals surface area contributed by atoms with Crippen molar-refractivity contribution in [3.63, 3.8) is 0 Å². The van der Waals surface area contributed by atoms with Crippen molar-refractivity contribution in [1.82, 2.24) is 15.8 Å². The van der Waals surface area contributed by atoms with Crippen LogP contribution in [0, 0.1) is 0 Å². The third-order valence-corrected chi connectivity index (χ3v) is 6.45. The zero-order valence-electron chi connectivity index (χ0n) is 17.2. The van der Waals surface area contributed by atoms with Gasteiger partial charge in [0.1, 0.15) is 0 Å². The van der Waals surface area contributed by atoms with Crippen LogP contribution >= 0.6 is 0 Å². The highest BCUT2D eigenvalue weighted by Crippen LogP contribution is 2.18. The standard InChI is InChI=1S/C16H22F3N5O6S/c1-5-24(6-2,7-3)31(27,28)23-15(29-4)30-12-9-8-11(10-20-12)13(25)21-22-14(26)16(17,18)19/h8-10H,5-7H2,1-4H3,(H-,21,22,25,26)/p+1. The Morgan fingerprint density at radius 2 is 1.71 bits per heavy atom. The molecule has 0 saturated heterocycles. The van der Waals surface area contributed by atoms with Gasteiger partial charge in [-0.25, -0.2) is 4.98 Å². The number of hydrogen-bond acceptors (Lipinski definition) is 7. The van der Waals surface area contributed by atoms with E-state index in [2.05, 4.69) is 9.38 Å². The molecule has 0 fully saturated rings. The maximum absolute atomic E-state index is 12.7. The molecule has 0 aliphatic carbocycles. The smallest absolute Gasteiger partial charge is 0.453 e. The first-order valence-corrected chi connectivity index (χ1v) is 10.3. The van der Waals surface area contributed by atoms with E-state index in [4.69, 9.17) is 9.47 Å². The van der Waals surface area contributed by atoms with Crippen molar-refractivity contribution in [2.75, 3.05) is 26.7 Å². The predicted molar refractivity (Wildman–Crippen MR) is 102 cm³/mol. The third-order valence-electron chi connectivity index (χ3n) is 4.32. The molecule has 2 amide bonds. The number of amides is 2. The highest BCUT2D eigenvalue weighted by atomic mass is 32.2. The summed E-state index contributed by atoms with van der Waals surface area (Å²) in [4.78, 5) is 26.2. The number of pyridine rings is 1. The molecule has 1 rings (SSSR count). The number of rotatable bonds is 7. The summed E-state index contributed by atoms with van der Waals surface area (Å²) in [5.74, 6) is -3.62. The van der Waals surface area contributed by atoms with Gasteiger partial charge in [-0.3, -0.25) is 20.4 Å². The van der Waals surface area contributed by atoms with Crippen LogP contribution in [-0.4, -0.2) is 68.1 Å². The molecule has 31 heavy (non-hydrogen) atoms. The van der Waals surface area contributed by atoms with Crippen LogP contribution in [0.25, 0.3) is 0 Å². The normalized spacial score (nSPS) is 12.8. The number of hydrazine groups is 1. The van der Waals surface area contributed by atoms with Crippen LogP contribution in [0.1, 0.15) is 31.1 Å². The average molecular weight is 470 g/mol. The fraction of sp³-hybridized carbons (Fsp3) is 0.500. The van der Waals surface area contributed by atoms with E-state index in [1.165, 1.54) is 5.43 Å². The summed E-state index contributed by atoms with van der Waals surface area (Å²) in [5.41, 5.74) is 2.57. The number of carbonyl (C=O) groups excluding carboxylic acids is 2. The van der Waals surface area contributed by atoms with Gasteiger partial charge in [0.25, 0.3) is 5.91 Å². The second kappa shape index (κ2) is 10.4. The Morgan fingerprint density at radius 3 is 2.13 bits per heavy atom. The van der Waals surface area contributed by atoms with Crippen LogP contribution in [0.2, 0.25) is 0 Å². The third kappa shape index (κ3) is 6.52. The van der Waals surface area contributed by atoms with Crippen molar-refractivity contribution in [3.8, 4) is 5.88 Å². The highest BCUT2D eigenvalue weighted by molar-refractivity contribution is 7.84. The summed E-state index contributed by atoms with van der Waals surface area (Å²) in [6, 6.07) is 2.24. The Hall–Kier alpha value is -2.94. The number of hydrogen-bond donors (Lipinski definition) is 2. The second-order valence-electron chi connectivity index (χ2n) is 5.91. The minimum atomic E-state index is -5.16. The molecule has 174 valence electrons. The molecule has 2 N–H and O–H groups in total. The first-order valence-electron chi connectivity index (χ1n) is 8.92. The van der Waals surface area contributed by atoms with Gasteiger partial charge in [-0.15, -0.1) is 8.42 Å². The van der Waals surface area contributed by atoms with Crippen LogP contribution < -0.4 is 15.6 Å². The largest absolute Gasteiger partial charge is 0.472 e. The summed E-state index contributed by atoms with van der Waals surface area (Å²) in [6.07, 6.45) is -4.85. The van der Waals surface area contributed by atoms with Crippen molar-refractivity contribution in [1.29, 1.82) is 0 Å². The minimum Gasteiger partial charge on any atom is -0.453 e. The number of halogens is 3. The van der Waals surface area contributed by atoms with Gasteiger partial charge in [0, 0.05) is 12.3 Å². The van der Waals surface area contributed by atoms with Crippen LogP contribution in [-0.2, 0) is 19.7 Å². The zero-order chi connectivity index (χ0) is 23.9. The van der Waals surface area contributed by atoms with Crippen molar-refractivity contribution >= 4 is 28.1 Å². The molecule has 0 aliphatic heterocycles. The number of alkyl halides is 3. The van der Waals surface area contributed by atoms with E-state index in [9.17, 15) is 31.2 Å². The molecule has 0 unspecified atom stereocenters. The summed E-state index contributed by atoms with van der Waals surface area (Å²) in [5, 5.41) is 0. The fourth-order valence-electron chi connectivity index (χ4n) is 2.36. The summed E-state index contributed by atoms with van der Waals surface area (Å²) in [7, 11) is -2.93.